The number of rotatable bonds is 12. The molecule has 0 spiro atoms. The molecule has 6 atom stereocenters. The average Bonchev–Trinajstić information content (AvgIpc) is 3.45. The van der Waals surface area contributed by atoms with Crippen molar-refractivity contribution >= 4 is 5.82 Å². The molecule has 0 aliphatic heterocycles. The van der Waals surface area contributed by atoms with Crippen molar-refractivity contribution in [2.45, 2.75) is 95.7 Å². The quantitative estimate of drug-likeness (QED) is 0.199. The zero-order valence-corrected chi connectivity index (χ0v) is 25.3. The number of nitrogen functional groups attached to an aromatic ring is 1. The Labute approximate surface area is 255 Å². The molecule has 7 heteroatoms. The van der Waals surface area contributed by atoms with Crippen LogP contribution < -0.4 is 15.5 Å². The van der Waals surface area contributed by atoms with E-state index in [0.29, 0.717) is 43.9 Å². The van der Waals surface area contributed by atoms with E-state index in [1.54, 1.807) is 18.5 Å². The van der Waals surface area contributed by atoms with Gasteiger partial charge in [-0.3, -0.25) is 0 Å². The standard InChI is InChI=1S/C36H46N3O4/c1-2-36-16-3-6-26(13-18-36)35(42)30(8-4-17-36)31(40)11-9-25-10-12-32(41)33(22-25)43-21-15-28(23-29-7-5-19-38-29)27-14-20-39-34(37)24-27/h5,7,10,12,14,19-20,22,24,26,28,30-31,35,40-42H,2-3,6,8-9,11,13,15-16,18,21,23H2,1H3,(H2,37,39)/q-1/t26-,28+,30+,31+,35-,36-/m0/s1. The lowest BCUT2D eigenvalue weighted by molar-refractivity contribution is -0.0231. The van der Waals surface area contributed by atoms with Gasteiger partial charge < -0.3 is 30.8 Å². The number of pyridine rings is 1. The minimum absolute atomic E-state index is 0.0722. The van der Waals surface area contributed by atoms with Crippen molar-refractivity contribution in [3.8, 4) is 23.3 Å². The fourth-order valence-electron chi connectivity index (χ4n) is 7.02. The van der Waals surface area contributed by atoms with Gasteiger partial charge in [0.05, 0.1) is 18.8 Å². The van der Waals surface area contributed by atoms with Gasteiger partial charge in [-0.1, -0.05) is 37.5 Å². The smallest absolute Gasteiger partial charge is 0.161 e. The first kappa shape index (κ1) is 31.0. The number of phenols is 1. The summed E-state index contributed by atoms with van der Waals surface area (Å²) in [6.07, 6.45) is 11.7. The third-order valence-corrected chi connectivity index (χ3v) is 9.83. The lowest BCUT2D eigenvalue weighted by Gasteiger charge is -2.31. The number of nitrogens with two attached hydrogens (primary N) is 1. The van der Waals surface area contributed by atoms with E-state index in [1.165, 1.54) is 0 Å². The van der Waals surface area contributed by atoms with Crippen molar-refractivity contribution in [2.75, 3.05) is 12.3 Å². The van der Waals surface area contributed by atoms with Crippen LogP contribution in [0.2, 0.25) is 0 Å². The first-order chi connectivity index (χ1) is 20.9. The SMILES string of the molecule is CC[C@@]12C#CC[C@H]([C@H](O)CCc3ccc(O)c(OCC[C@H](Cc4ccc[n-]4)c4ccnc(N)c4)c3)[C@@H](O)[C@@H](CCC1)CC2. The van der Waals surface area contributed by atoms with E-state index in [-0.39, 0.29) is 28.9 Å². The molecule has 5 N–H and O–H groups in total. The Bertz CT molecular complexity index is 1380. The summed E-state index contributed by atoms with van der Waals surface area (Å²) in [6.45, 7) is 2.63. The molecular formula is C36H46N3O4-. The zero-order valence-electron chi connectivity index (χ0n) is 25.3. The van der Waals surface area contributed by atoms with E-state index >= 15 is 0 Å². The minimum atomic E-state index is -0.656. The Balaban J connectivity index is 1.20. The molecule has 2 aliphatic rings. The first-order valence-electron chi connectivity index (χ1n) is 15.9. The lowest BCUT2D eigenvalue weighted by atomic mass is 9.78. The van der Waals surface area contributed by atoms with Crippen molar-refractivity contribution in [3.05, 3.63) is 71.7 Å². The second-order valence-corrected chi connectivity index (χ2v) is 12.6. The molecular weight excluding hydrogens is 538 g/mol. The maximum Gasteiger partial charge on any atom is 0.161 e. The number of anilines is 1. The third-order valence-electron chi connectivity index (χ3n) is 9.83. The van der Waals surface area contributed by atoms with Crippen LogP contribution in [0.15, 0.2) is 54.9 Å². The third kappa shape index (κ3) is 7.93. The highest BCUT2D eigenvalue weighted by Crippen LogP contribution is 2.43. The van der Waals surface area contributed by atoms with Crippen LogP contribution in [-0.4, -0.2) is 39.1 Å². The summed E-state index contributed by atoms with van der Waals surface area (Å²) >= 11 is 0. The molecule has 5 rings (SSSR count). The number of hydrogen-bond donors (Lipinski definition) is 4. The number of phenolic OH excluding ortho intramolecular Hbond substituents is 1. The van der Waals surface area contributed by atoms with Gasteiger partial charge in [0.2, 0.25) is 0 Å². The van der Waals surface area contributed by atoms with Gasteiger partial charge in [-0.25, -0.2) is 4.98 Å². The number of benzene rings is 1. The van der Waals surface area contributed by atoms with Gasteiger partial charge in [0.15, 0.2) is 11.5 Å². The highest BCUT2D eigenvalue weighted by Gasteiger charge is 2.38. The molecule has 0 unspecified atom stereocenters. The summed E-state index contributed by atoms with van der Waals surface area (Å²) in [4.78, 5) is 8.56. The molecule has 0 radical (unpaired) electrons. The predicted octanol–water partition coefficient (Wildman–Crippen LogP) is 5.78. The largest absolute Gasteiger partial charge is 0.668 e. The van der Waals surface area contributed by atoms with Gasteiger partial charge >= 0.3 is 0 Å². The molecule has 1 aromatic carbocycles. The molecule has 2 heterocycles. The summed E-state index contributed by atoms with van der Waals surface area (Å²) in [5.41, 5.74) is 9.09. The topological polar surface area (TPSA) is 123 Å². The second kappa shape index (κ2) is 14.3. The number of ether oxygens (including phenoxy) is 1. The molecule has 7 nitrogen and oxygen atoms in total. The summed E-state index contributed by atoms with van der Waals surface area (Å²) < 4.78 is 6.09. The van der Waals surface area contributed by atoms with Gasteiger partial charge in [0, 0.05) is 24.0 Å². The Kier molecular flexibility index (Phi) is 10.3. The van der Waals surface area contributed by atoms with Crippen molar-refractivity contribution in [2.24, 2.45) is 17.3 Å². The summed E-state index contributed by atoms with van der Waals surface area (Å²) in [7, 11) is 0. The zero-order chi connectivity index (χ0) is 30.2. The van der Waals surface area contributed by atoms with Crippen LogP contribution in [0, 0.1) is 29.1 Å². The first-order valence-corrected chi connectivity index (χ1v) is 15.9. The van der Waals surface area contributed by atoms with Crippen LogP contribution in [0.25, 0.3) is 0 Å². The fourth-order valence-corrected chi connectivity index (χ4v) is 7.02. The molecule has 0 saturated heterocycles. The maximum atomic E-state index is 11.3. The summed E-state index contributed by atoms with van der Waals surface area (Å²) in [5.74, 6) is 8.03. The van der Waals surface area contributed by atoms with Crippen LogP contribution in [-0.2, 0) is 12.8 Å². The van der Waals surface area contributed by atoms with Crippen LogP contribution >= 0.6 is 0 Å². The number of aliphatic hydroxyl groups excluding tert-OH is 2. The number of nitrogens with zero attached hydrogens (tertiary/aromatic N) is 2. The molecule has 2 bridgehead atoms. The summed E-state index contributed by atoms with van der Waals surface area (Å²) in [6, 6.07) is 13.2. The van der Waals surface area contributed by atoms with E-state index in [0.717, 1.165) is 61.8 Å². The molecule has 43 heavy (non-hydrogen) atoms. The number of hydrogen-bond acceptors (Lipinski definition) is 6. The predicted molar refractivity (Wildman–Crippen MR) is 169 cm³/mol. The molecule has 2 aliphatic carbocycles. The van der Waals surface area contributed by atoms with Gasteiger partial charge in [-0.15, -0.1) is 5.92 Å². The average molecular weight is 585 g/mol. The second-order valence-electron chi connectivity index (χ2n) is 12.6. The Morgan fingerprint density at radius 3 is 2.84 bits per heavy atom. The van der Waals surface area contributed by atoms with E-state index in [2.05, 4.69) is 28.7 Å². The monoisotopic (exact) mass is 584 g/mol. The van der Waals surface area contributed by atoms with Crippen molar-refractivity contribution in [3.63, 3.8) is 0 Å². The highest BCUT2D eigenvalue weighted by molar-refractivity contribution is 5.42. The van der Waals surface area contributed by atoms with Crippen LogP contribution in [0.3, 0.4) is 0 Å². The Morgan fingerprint density at radius 2 is 2.05 bits per heavy atom. The Morgan fingerprint density at radius 1 is 1.16 bits per heavy atom. The lowest BCUT2D eigenvalue weighted by Crippen LogP contribution is -2.37. The molecule has 2 aromatic heterocycles. The molecule has 1 saturated carbocycles. The highest BCUT2D eigenvalue weighted by atomic mass is 16.5. The van der Waals surface area contributed by atoms with Crippen LogP contribution in [0.5, 0.6) is 11.5 Å². The number of aliphatic hydroxyl groups is 2. The maximum absolute atomic E-state index is 11.3. The van der Waals surface area contributed by atoms with Crippen LogP contribution in [0.4, 0.5) is 5.82 Å². The number of aromatic nitrogens is 2. The number of fused-ring (bicyclic) bond motifs is 3. The molecule has 1 fully saturated rings. The number of aryl methyl sites for hydroxylation is 1. The van der Waals surface area contributed by atoms with Crippen molar-refractivity contribution in [1.82, 2.24) is 9.97 Å². The molecule has 230 valence electrons. The van der Waals surface area contributed by atoms with Crippen molar-refractivity contribution < 1.29 is 20.1 Å². The van der Waals surface area contributed by atoms with Gasteiger partial charge in [0.25, 0.3) is 0 Å². The number of aromatic hydroxyl groups is 1. The molecule has 0 amide bonds. The minimum Gasteiger partial charge on any atom is -0.668 e. The normalized spacial score (nSPS) is 25.0. The van der Waals surface area contributed by atoms with Gasteiger partial charge in [-0.05, 0) is 105 Å². The van der Waals surface area contributed by atoms with E-state index < -0.39 is 12.2 Å². The van der Waals surface area contributed by atoms with Gasteiger partial charge in [-0.2, -0.15) is 11.9 Å². The van der Waals surface area contributed by atoms with Crippen LogP contribution in [0.1, 0.15) is 87.4 Å². The van der Waals surface area contributed by atoms with Crippen molar-refractivity contribution in [1.29, 1.82) is 0 Å². The van der Waals surface area contributed by atoms with E-state index in [1.807, 2.05) is 36.4 Å². The molecule has 3 aromatic rings. The van der Waals surface area contributed by atoms with E-state index in [4.69, 9.17) is 10.5 Å². The fraction of sp³-hybridized carbons (Fsp3) is 0.528. The van der Waals surface area contributed by atoms with E-state index in [9.17, 15) is 15.3 Å². The summed E-state index contributed by atoms with van der Waals surface area (Å²) in [5, 5.41) is 33.1. The Hall–Kier alpha value is -3.47. The van der Waals surface area contributed by atoms with Gasteiger partial charge in [0.1, 0.15) is 5.82 Å².